The molecule has 0 saturated heterocycles. The molecule has 11 heteroatoms. The van der Waals surface area contributed by atoms with Crippen molar-refractivity contribution in [3.8, 4) is 0 Å². The van der Waals surface area contributed by atoms with E-state index in [1.54, 1.807) is 0 Å². The van der Waals surface area contributed by atoms with Crippen LogP contribution in [0.2, 0.25) is 0 Å². The van der Waals surface area contributed by atoms with Gasteiger partial charge >= 0.3 is 0 Å². The molecule has 0 aromatic rings. The SMILES string of the molecule is O=[N+]([O-])O.O=[N+]([O-])O.OCC(O)CCl. The molecule has 0 spiro atoms. The predicted octanol–water partition coefficient (Wildman–Crippen LogP) is -1.12. The third-order valence-corrected chi connectivity index (χ3v) is 0.745. The predicted molar refractivity (Wildman–Crippen MR) is 41.4 cm³/mol. The van der Waals surface area contributed by atoms with Gasteiger partial charge in [0.25, 0.3) is 10.2 Å². The Morgan fingerprint density at radius 1 is 1.21 bits per heavy atom. The third-order valence-electron chi connectivity index (χ3n) is 0.389. The molecule has 0 fully saturated rings. The average molecular weight is 237 g/mol. The van der Waals surface area contributed by atoms with E-state index in [0.29, 0.717) is 0 Å². The molecule has 0 radical (unpaired) electrons. The molecule has 0 saturated carbocycles. The average Bonchev–Trinajstić information content (AvgIpc) is 2.01. The lowest BCUT2D eigenvalue weighted by Crippen LogP contribution is -2.12. The summed E-state index contributed by atoms with van der Waals surface area (Å²) in [7, 11) is 0. The lowest BCUT2D eigenvalue weighted by molar-refractivity contribution is -0.742. The van der Waals surface area contributed by atoms with Crippen LogP contribution < -0.4 is 0 Å². The molecule has 14 heavy (non-hydrogen) atoms. The van der Waals surface area contributed by atoms with Gasteiger partial charge in [0, 0.05) is 0 Å². The van der Waals surface area contributed by atoms with Gasteiger partial charge in [-0.15, -0.1) is 31.8 Å². The van der Waals surface area contributed by atoms with Crippen LogP contribution in [0, 0.1) is 20.2 Å². The van der Waals surface area contributed by atoms with Crippen molar-refractivity contribution in [1.82, 2.24) is 0 Å². The first-order valence-corrected chi connectivity index (χ1v) is 3.32. The van der Waals surface area contributed by atoms with Crippen LogP contribution in [0.25, 0.3) is 0 Å². The number of rotatable bonds is 2. The molecule has 4 N–H and O–H groups in total. The minimum Gasteiger partial charge on any atom is -0.394 e. The van der Waals surface area contributed by atoms with Crippen LogP contribution in [0.5, 0.6) is 0 Å². The fraction of sp³-hybridized carbons (Fsp3) is 1.00. The van der Waals surface area contributed by atoms with Crippen LogP contribution in [-0.2, 0) is 0 Å². The van der Waals surface area contributed by atoms with Gasteiger partial charge in [-0.1, -0.05) is 0 Å². The van der Waals surface area contributed by atoms with Crippen LogP contribution in [-0.4, -0.2) is 49.4 Å². The van der Waals surface area contributed by atoms with E-state index in [9.17, 15) is 0 Å². The summed E-state index contributed by atoms with van der Waals surface area (Å²) in [5, 5.41) is 43.6. The Bertz CT molecular complexity index is 130. The minimum absolute atomic E-state index is 0.108. The van der Waals surface area contributed by atoms with Gasteiger partial charge in [-0.2, -0.15) is 0 Å². The molecule has 0 amide bonds. The molecule has 0 aliphatic carbocycles. The highest BCUT2D eigenvalue weighted by molar-refractivity contribution is 6.18. The van der Waals surface area contributed by atoms with E-state index in [1.807, 2.05) is 0 Å². The molecule has 0 aliphatic rings. The highest BCUT2D eigenvalue weighted by Crippen LogP contribution is 1.81. The third kappa shape index (κ3) is 144. The lowest BCUT2D eigenvalue weighted by Gasteiger charge is -1.95. The summed E-state index contributed by atoms with van der Waals surface area (Å²) in [6.07, 6.45) is -0.744. The van der Waals surface area contributed by atoms with Gasteiger partial charge in [0.2, 0.25) is 0 Å². The second kappa shape index (κ2) is 14.2. The summed E-state index contributed by atoms with van der Waals surface area (Å²) in [5.41, 5.74) is 0. The van der Waals surface area contributed by atoms with E-state index >= 15 is 0 Å². The Morgan fingerprint density at radius 3 is 1.43 bits per heavy atom. The van der Waals surface area contributed by atoms with Crippen LogP contribution in [0.1, 0.15) is 0 Å². The first-order valence-electron chi connectivity index (χ1n) is 2.79. The van der Waals surface area contributed by atoms with Crippen LogP contribution in [0.15, 0.2) is 0 Å². The summed E-state index contributed by atoms with van der Waals surface area (Å²) in [6, 6.07) is 0. The van der Waals surface area contributed by atoms with Crippen molar-refractivity contribution < 1.29 is 30.8 Å². The zero-order chi connectivity index (χ0) is 12.1. The summed E-state index contributed by atoms with van der Waals surface area (Å²) < 4.78 is 0. The Hall–Kier alpha value is -1.39. The molecule has 0 rings (SSSR count). The largest absolute Gasteiger partial charge is 0.394 e. The minimum atomic E-state index is -1.50. The molecule has 86 valence electrons. The Morgan fingerprint density at radius 2 is 1.43 bits per heavy atom. The number of hydrogen-bond acceptors (Lipinski definition) is 6. The number of alkyl halides is 1. The molecule has 0 aromatic carbocycles. The van der Waals surface area contributed by atoms with Crippen molar-refractivity contribution in [1.29, 1.82) is 0 Å². The molecule has 10 nitrogen and oxygen atoms in total. The maximum atomic E-state index is 8.36. The van der Waals surface area contributed by atoms with Gasteiger partial charge in [-0.25, -0.2) is 0 Å². The van der Waals surface area contributed by atoms with Gasteiger partial charge in [0.05, 0.1) is 18.6 Å². The number of hydrogen-bond donors (Lipinski definition) is 4. The standard InChI is InChI=1S/C3H7ClO2.2HNO3/c4-1-3(6)2-5;2*2-1(3)4/h3,5-6H,1-2H2;2*(H,2,3,4). The monoisotopic (exact) mass is 236 g/mol. The van der Waals surface area contributed by atoms with E-state index < -0.39 is 16.3 Å². The molecular weight excluding hydrogens is 227 g/mol. The number of aliphatic hydroxyl groups excluding tert-OH is 2. The Balaban J connectivity index is -0.000000135. The van der Waals surface area contributed by atoms with Gasteiger partial charge in [0.15, 0.2) is 0 Å². The summed E-state index contributed by atoms with van der Waals surface area (Å²) in [6.45, 7) is -0.247. The zero-order valence-corrected chi connectivity index (χ0v) is 7.44. The fourth-order valence-electron chi connectivity index (χ4n) is 0.0488. The first-order chi connectivity index (χ1) is 6.27. The van der Waals surface area contributed by atoms with E-state index in [2.05, 4.69) is 0 Å². The Kier molecular flexibility index (Phi) is 18.6. The molecule has 0 aromatic heterocycles. The summed E-state index contributed by atoms with van der Waals surface area (Å²) in [5.74, 6) is 0.108. The second-order valence-electron chi connectivity index (χ2n) is 1.47. The van der Waals surface area contributed by atoms with Crippen molar-refractivity contribution >= 4 is 11.6 Å². The van der Waals surface area contributed by atoms with Crippen LogP contribution in [0.3, 0.4) is 0 Å². The van der Waals surface area contributed by atoms with Gasteiger partial charge in [-0.05, 0) is 0 Å². The quantitative estimate of drug-likeness (QED) is 0.266. The van der Waals surface area contributed by atoms with E-state index in [4.69, 9.17) is 52.5 Å². The molecule has 0 heterocycles. The van der Waals surface area contributed by atoms with Crippen molar-refractivity contribution in [2.45, 2.75) is 6.10 Å². The number of halogens is 1. The maximum absolute atomic E-state index is 8.36. The van der Waals surface area contributed by atoms with Gasteiger partial charge in [0.1, 0.15) is 0 Å². The van der Waals surface area contributed by atoms with E-state index in [1.165, 1.54) is 0 Å². The van der Waals surface area contributed by atoms with Crippen molar-refractivity contribution in [3.63, 3.8) is 0 Å². The van der Waals surface area contributed by atoms with Crippen molar-refractivity contribution in [2.75, 3.05) is 12.5 Å². The highest BCUT2D eigenvalue weighted by Gasteiger charge is 1.94. The number of aliphatic hydroxyl groups is 2. The lowest BCUT2D eigenvalue weighted by atomic mass is 10.5. The van der Waals surface area contributed by atoms with E-state index in [0.717, 1.165) is 0 Å². The Labute approximate surface area is 82.2 Å². The normalized spacial score (nSPS) is 9.64. The summed E-state index contributed by atoms with van der Waals surface area (Å²) >= 11 is 5.04. The topological polar surface area (TPSA) is 167 Å². The highest BCUT2D eigenvalue weighted by atomic mass is 35.5. The van der Waals surface area contributed by atoms with Crippen LogP contribution >= 0.6 is 11.6 Å². The molecule has 1 unspecified atom stereocenters. The molecule has 0 bridgehead atoms. The number of nitrogens with zero attached hydrogens (tertiary/aromatic N) is 2. The van der Waals surface area contributed by atoms with Gasteiger partial charge in [-0.3, -0.25) is 0 Å². The molecule has 0 aliphatic heterocycles. The molecular formula is C3H9ClN2O8. The summed E-state index contributed by atoms with van der Waals surface area (Å²) in [4.78, 5) is 16.7. The second-order valence-corrected chi connectivity index (χ2v) is 1.77. The van der Waals surface area contributed by atoms with Crippen molar-refractivity contribution in [2.24, 2.45) is 0 Å². The van der Waals surface area contributed by atoms with Crippen LogP contribution in [0.4, 0.5) is 0 Å². The zero-order valence-electron chi connectivity index (χ0n) is 6.69. The fourth-order valence-corrected chi connectivity index (χ4v) is 0.146. The first kappa shape index (κ1) is 18.4. The molecule has 1 atom stereocenters. The van der Waals surface area contributed by atoms with Gasteiger partial charge < -0.3 is 20.6 Å². The van der Waals surface area contributed by atoms with E-state index in [-0.39, 0.29) is 12.5 Å². The van der Waals surface area contributed by atoms with Crippen molar-refractivity contribution in [3.05, 3.63) is 20.2 Å². The smallest absolute Gasteiger partial charge is 0.291 e. The maximum Gasteiger partial charge on any atom is 0.291 e.